The van der Waals surface area contributed by atoms with Gasteiger partial charge >= 0.3 is 6.09 Å². The molecule has 0 unspecified atom stereocenters. The van der Waals surface area contributed by atoms with Crippen molar-refractivity contribution in [2.75, 3.05) is 37.7 Å². The number of unbranched alkanes of at least 4 members (excludes halogenated alkanes) is 1. The summed E-state index contributed by atoms with van der Waals surface area (Å²) in [6.45, 7) is 11.3. The van der Waals surface area contributed by atoms with E-state index < -0.39 is 5.60 Å². The maximum atomic E-state index is 12.1. The second-order valence-corrected chi connectivity index (χ2v) is 7.01. The van der Waals surface area contributed by atoms with Crippen LogP contribution in [0.3, 0.4) is 0 Å². The summed E-state index contributed by atoms with van der Waals surface area (Å²) >= 11 is 0. The maximum absolute atomic E-state index is 12.1. The van der Waals surface area contributed by atoms with Gasteiger partial charge in [0.1, 0.15) is 17.2 Å². The lowest BCUT2D eigenvalue weighted by atomic mass is 10.2. The molecule has 1 amide bonds. The summed E-state index contributed by atoms with van der Waals surface area (Å²) in [5.74, 6) is 1.72. The van der Waals surface area contributed by atoms with Crippen molar-refractivity contribution in [1.82, 2.24) is 9.88 Å². The largest absolute Gasteiger partial charge is 0.492 e. The number of hydrogen-bond acceptors (Lipinski definition) is 5. The first kappa shape index (κ1) is 18.4. The minimum Gasteiger partial charge on any atom is -0.492 e. The van der Waals surface area contributed by atoms with E-state index in [2.05, 4.69) is 16.8 Å². The Bertz CT molecular complexity index is 517. The zero-order valence-corrected chi connectivity index (χ0v) is 15.2. The van der Waals surface area contributed by atoms with Crippen LogP contribution in [0, 0.1) is 0 Å². The third-order valence-electron chi connectivity index (χ3n) is 3.74. The summed E-state index contributed by atoms with van der Waals surface area (Å²) in [5.41, 5.74) is -0.455. The lowest BCUT2D eigenvalue weighted by molar-refractivity contribution is 0.0240. The number of nitrogens with zero attached hydrogens (tertiary/aromatic N) is 3. The van der Waals surface area contributed by atoms with E-state index >= 15 is 0 Å². The van der Waals surface area contributed by atoms with Gasteiger partial charge in [-0.1, -0.05) is 13.3 Å². The van der Waals surface area contributed by atoms with Gasteiger partial charge in [-0.05, 0) is 39.3 Å². The maximum Gasteiger partial charge on any atom is 0.410 e. The van der Waals surface area contributed by atoms with E-state index in [4.69, 9.17) is 9.47 Å². The van der Waals surface area contributed by atoms with Crippen molar-refractivity contribution in [2.45, 2.75) is 46.1 Å². The summed E-state index contributed by atoms with van der Waals surface area (Å²) < 4.78 is 11.1. The molecule has 1 aliphatic rings. The van der Waals surface area contributed by atoms with Crippen LogP contribution in [-0.4, -0.2) is 54.4 Å². The van der Waals surface area contributed by atoms with Crippen LogP contribution in [-0.2, 0) is 4.74 Å². The van der Waals surface area contributed by atoms with Crippen molar-refractivity contribution in [3.8, 4) is 5.75 Å². The molecule has 1 aromatic rings. The van der Waals surface area contributed by atoms with Crippen molar-refractivity contribution in [2.24, 2.45) is 0 Å². The van der Waals surface area contributed by atoms with Gasteiger partial charge in [-0.2, -0.15) is 0 Å². The highest BCUT2D eigenvalue weighted by Gasteiger charge is 2.26. The molecule has 134 valence electrons. The molecule has 0 aromatic carbocycles. The Morgan fingerprint density at radius 1 is 1.21 bits per heavy atom. The quantitative estimate of drug-likeness (QED) is 0.773. The molecule has 2 rings (SSSR count). The van der Waals surface area contributed by atoms with Crippen molar-refractivity contribution in [3.63, 3.8) is 0 Å². The monoisotopic (exact) mass is 335 g/mol. The molecule has 0 bridgehead atoms. The molecule has 24 heavy (non-hydrogen) atoms. The summed E-state index contributed by atoms with van der Waals surface area (Å²) in [6.07, 6.45) is 3.70. The molecule has 2 heterocycles. The van der Waals surface area contributed by atoms with E-state index in [1.54, 1.807) is 11.1 Å². The van der Waals surface area contributed by atoms with Crippen LogP contribution in [0.1, 0.15) is 40.5 Å². The number of ether oxygens (including phenoxy) is 2. The molecule has 0 aliphatic carbocycles. The Balaban J connectivity index is 1.82. The number of carbonyl (C=O) groups is 1. The lowest BCUT2D eigenvalue weighted by Crippen LogP contribution is -2.50. The van der Waals surface area contributed by atoms with Crippen molar-refractivity contribution in [1.29, 1.82) is 0 Å². The average molecular weight is 335 g/mol. The van der Waals surface area contributed by atoms with Gasteiger partial charge in [-0.25, -0.2) is 9.78 Å². The van der Waals surface area contributed by atoms with Gasteiger partial charge in [0.15, 0.2) is 0 Å². The van der Waals surface area contributed by atoms with Crippen LogP contribution in [0.25, 0.3) is 0 Å². The zero-order chi connectivity index (χ0) is 17.6. The smallest absolute Gasteiger partial charge is 0.410 e. The van der Waals surface area contributed by atoms with Crippen LogP contribution in [0.5, 0.6) is 5.75 Å². The number of piperazine rings is 1. The molecule has 1 fully saturated rings. The van der Waals surface area contributed by atoms with Crippen LogP contribution < -0.4 is 9.64 Å². The minimum absolute atomic E-state index is 0.241. The standard InChI is InChI=1S/C18H29N3O3/c1-5-6-13-23-15-7-8-16(19-14-15)20-9-11-21(12-10-20)17(22)24-18(2,3)4/h7-8,14H,5-6,9-13H2,1-4H3. The molecule has 1 aliphatic heterocycles. The highest BCUT2D eigenvalue weighted by atomic mass is 16.6. The fourth-order valence-corrected chi connectivity index (χ4v) is 2.42. The topological polar surface area (TPSA) is 54.9 Å². The Labute approximate surface area is 144 Å². The third-order valence-corrected chi connectivity index (χ3v) is 3.74. The molecule has 6 heteroatoms. The molecular weight excluding hydrogens is 306 g/mol. The number of pyridine rings is 1. The number of rotatable bonds is 5. The van der Waals surface area contributed by atoms with Gasteiger partial charge < -0.3 is 19.3 Å². The summed E-state index contributed by atoms with van der Waals surface area (Å²) in [6, 6.07) is 3.93. The first-order valence-corrected chi connectivity index (χ1v) is 8.71. The molecule has 1 aromatic heterocycles. The number of anilines is 1. The summed E-state index contributed by atoms with van der Waals surface area (Å²) in [5, 5.41) is 0. The van der Waals surface area contributed by atoms with E-state index in [0.29, 0.717) is 13.1 Å². The van der Waals surface area contributed by atoms with Gasteiger partial charge in [0, 0.05) is 26.2 Å². The number of carbonyl (C=O) groups excluding carboxylic acids is 1. The normalized spacial score (nSPS) is 15.3. The summed E-state index contributed by atoms with van der Waals surface area (Å²) in [4.78, 5) is 20.5. The van der Waals surface area contributed by atoms with Gasteiger partial charge in [0.05, 0.1) is 12.8 Å². The van der Waals surface area contributed by atoms with E-state index in [9.17, 15) is 4.79 Å². The number of hydrogen-bond donors (Lipinski definition) is 0. The highest BCUT2D eigenvalue weighted by Crippen LogP contribution is 2.19. The van der Waals surface area contributed by atoms with E-state index in [1.165, 1.54) is 0 Å². The van der Waals surface area contributed by atoms with Crippen molar-refractivity contribution in [3.05, 3.63) is 18.3 Å². The first-order chi connectivity index (χ1) is 11.4. The molecule has 0 radical (unpaired) electrons. The predicted octanol–water partition coefficient (Wildman–Crippen LogP) is 3.32. The zero-order valence-electron chi connectivity index (χ0n) is 15.2. The molecule has 0 saturated carbocycles. The molecule has 0 spiro atoms. The van der Waals surface area contributed by atoms with Crippen molar-refractivity contribution < 1.29 is 14.3 Å². The molecule has 1 saturated heterocycles. The Hall–Kier alpha value is -1.98. The van der Waals surface area contributed by atoms with Crippen LogP contribution in [0.4, 0.5) is 10.6 Å². The fraction of sp³-hybridized carbons (Fsp3) is 0.667. The average Bonchev–Trinajstić information content (AvgIpc) is 2.54. The highest BCUT2D eigenvalue weighted by molar-refractivity contribution is 5.68. The first-order valence-electron chi connectivity index (χ1n) is 8.71. The fourth-order valence-electron chi connectivity index (χ4n) is 2.42. The van der Waals surface area contributed by atoms with Crippen molar-refractivity contribution >= 4 is 11.9 Å². The van der Waals surface area contributed by atoms with Gasteiger partial charge in [0.2, 0.25) is 0 Å². The molecule has 0 atom stereocenters. The van der Waals surface area contributed by atoms with E-state index in [-0.39, 0.29) is 6.09 Å². The Morgan fingerprint density at radius 2 is 1.92 bits per heavy atom. The second-order valence-electron chi connectivity index (χ2n) is 7.01. The molecular formula is C18H29N3O3. The van der Waals surface area contributed by atoms with E-state index in [0.717, 1.165) is 44.1 Å². The van der Waals surface area contributed by atoms with Crippen LogP contribution in [0.2, 0.25) is 0 Å². The number of aromatic nitrogens is 1. The minimum atomic E-state index is -0.455. The second kappa shape index (κ2) is 8.22. The molecule has 0 N–H and O–H groups in total. The lowest BCUT2D eigenvalue weighted by Gasteiger charge is -2.36. The van der Waals surface area contributed by atoms with Crippen LogP contribution >= 0.6 is 0 Å². The Morgan fingerprint density at radius 3 is 2.46 bits per heavy atom. The van der Waals surface area contributed by atoms with Gasteiger partial charge in [0.25, 0.3) is 0 Å². The molecule has 6 nitrogen and oxygen atoms in total. The van der Waals surface area contributed by atoms with Crippen LogP contribution in [0.15, 0.2) is 18.3 Å². The SMILES string of the molecule is CCCCOc1ccc(N2CCN(C(=O)OC(C)(C)C)CC2)nc1. The number of amides is 1. The summed E-state index contributed by atoms with van der Waals surface area (Å²) in [7, 11) is 0. The van der Waals surface area contributed by atoms with Gasteiger partial charge in [-0.15, -0.1) is 0 Å². The van der Waals surface area contributed by atoms with E-state index in [1.807, 2.05) is 32.9 Å². The predicted molar refractivity (Wildman–Crippen MR) is 94.7 cm³/mol. The Kier molecular flexibility index (Phi) is 6.29. The van der Waals surface area contributed by atoms with Gasteiger partial charge in [-0.3, -0.25) is 0 Å². The third kappa shape index (κ3) is 5.58.